The molecule has 0 spiro atoms. The highest BCUT2D eigenvalue weighted by Gasteiger charge is 2.44. The van der Waals surface area contributed by atoms with Gasteiger partial charge in [0, 0.05) is 5.54 Å². The minimum Gasteiger partial charge on any atom is -0.230 e. The molecular weight excluding hydrogens is 271 g/mol. The zero-order valence-electron chi connectivity index (χ0n) is 11.0. The summed E-state index contributed by atoms with van der Waals surface area (Å²) in [6.45, 7) is 5.76. The van der Waals surface area contributed by atoms with E-state index in [1.807, 2.05) is 51.1 Å². The van der Waals surface area contributed by atoms with Crippen LogP contribution in [0.15, 0.2) is 41.3 Å². The average Bonchev–Trinajstić information content (AvgIpc) is 2.74. The smallest absolute Gasteiger partial charge is 0.230 e. The van der Waals surface area contributed by atoms with Crippen LogP contribution in [-0.4, -0.2) is 16.0 Å². The van der Waals surface area contributed by atoms with Crippen molar-refractivity contribution in [1.82, 2.24) is 4.31 Å². The lowest BCUT2D eigenvalue weighted by Crippen LogP contribution is -2.36. The number of hydrogen-bond donors (Lipinski definition) is 0. The lowest BCUT2D eigenvalue weighted by atomic mass is 10.0. The Labute approximate surface area is 115 Å². The molecule has 1 unspecified atom stereocenters. The van der Waals surface area contributed by atoms with Crippen LogP contribution >= 0.6 is 11.9 Å². The predicted octanol–water partition coefficient (Wildman–Crippen LogP) is 4.94. The molecule has 0 saturated carbocycles. The fourth-order valence-corrected chi connectivity index (χ4v) is 3.06. The second kappa shape index (κ2) is 4.87. The summed E-state index contributed by atoms with van der Waals surface area (Å²) in [4.78, 5) is -0.531. The number of rotatable bonds is 1. The van der Waals surface area contributed by atoms with E-state index in [4.69, 9.17) is 0 Å². The zero-order chi connectivity index (χ0) is 14.3. The van der Waals surface area contributed by atoms with Gasteiger partial charge in [-0.2, -0.15) is 13.2 Å². The molecule has 19 heavy (non-hydrogen) atoms. The maximum Gasteiger partial charge on any atom is 0.423 e. The molecule has 0 radical (unpaired) electrons. The van der Waals surface area contributed by atoms with Crippen LogP contribution in [0.2, 0.25) is 0 Å². The summed E-state index contributed by atoms with van der Waals surface area (Å²) in [5.41, 5.74) is 0.526. The number of hydrogen-bond acceptors (Lipinski definition) is 2. The fourth-order valence-electron chi connectivity index (χ4n) is 1.99. The Hall–Kier alpha value is -0.940. The molecule has 104 valence electrons. The standard InChI is InChI=1S/C14H16F3NS/c1-13(2,3)18-11(10-7-5-4-6-8-10)9-12(19-18)14(15,16)17/h4-9,11H,1-3H3. The van der Waals surface area contributed by atoms with Crippen molar-refractivity contribution >= 4 is 11.9 Å². The van der Waals surface area contributed by atoms with Crippen LogP contribution in [0.1, 0.15) is 32.4 Å². The Morgan fingerprint density at radius 2 is 1.63 bits per heavy atom. The minimum atomic E-state index is -4.28. The molecule has 1 nitrogen and oxygen atoms in total. The summed E-state index contributed by atoms with van der Waals surface area (Å²) >= 11 is 0.797. The van der Waals surface area contributed by atoms with E-state index in [1.165, 1.54) is 6.08 Å². The minimum absolute atomic E-state index is 0.345. The number of halogens is 3. The van der Waals surface area contributed by atoms with Crippen LogP contribution in [0.5, 0.6) is 0 Å². The Kier molecular flexibility index (Phi) is 3.71. The molecule has 1 aromatic rings. The predicted molar refractivity (Wildman–Crippen MR) is 72.5 cm³/mol. The molecule has 1 aliphatic rings. The van der Waals surface area contributed by atoms with E-state index in [0.29, 0.717) is 0 Å². The van der Waals surface area contributed by atoms with Crippen LogP contribution in [0.25, 0.3) is 0 Å². The van der Waals surface area contributed by atoms with Gasteiger partial charge in [0.15, 0.2) is 0 Å². The van der Waals surface area contributed by atoms with E-state index in [1.54, 1.807) is 4.31 Å². The van der Waals surface area contributed by atoms with E-state index >= 15 is 0 Å². The number of alkyl halides is 3. The van der Waals surface area contributed by atoms with Crippen molar-refractivity contribution in [3.05, 3.63) is 46.9 Å². The normalized spacial score (nSPS) is 21.6. The molecule has 0 aromatic heterocycles. The van der Waals surface area contributed by atoms with Gasteiger partial charge in [-0.05, 0) is 44.4 Å². The Bertz CT molecular complexity index is 474. The van der Waals surface area contributed by atoms with Crippen molar-refractivity contribution in [1.29, 1.82) is 0 Å². The first-order chi connectivity index (χ1) is 8.69. The van der Waals surface area contributed by atoms with Crippen molar-refractivity contribution in [3.63, 3.8) is 0 Å². The van der Waals surface area contributed by atoms with E-state index in [2.05, 4.69) is 0 Å². The average molecular weight is 287 g/mol. The van der Waals surface area contributed by atoms with Crippen molar-refractivity contribution in [2.24, 2.45) is 0 Å². The van der Waals surface area contributed by atoms with Crippen molar-refractivity contribution in [3.8, 4) is 0 Å². The van der Waals surface area contributed by atoms with Crippen LogP contribution in [-0.2, 0) is 0 Å². The van der Waals surface area contributed by atoms with Crippen molar-refractivity contribution < 1.29 is 13.2 Å². The maximum absolute atomic E-state index is 12.9. The summed E-state index contributed by atoms with van der Waals surface area (Å²) in [5, 5.41) is 0. The Balaban J connectivity index is 2.39. The summed E-state index contributed by atoms with van der Waals surface area (Å²) in [6.07, 6.45) is -2.97. The second-order valence-electron chi connectivity index (χ2n) is 5.47. The molecule has 1 aliphatic heterocycles. The third-order valence-corrected chi connectivity index (χ3v) is 4.38. The quantitative estimate of drug-likeness (QED) is 0.673. The third kappa shape index (κ3) is 3.15. The highest BCUT2D eigenvalue weighted by Crippen LogP contribution is 2.50. The van der Waals surface area contributed by atoms with E-state index in [9.17, 15) is 13.2 Å². The van der Waals surface area contributed by atoms with Gasteiger partial charge in [0.05, 0.1) is 6.04 Å². The van der Waals surface area contributed by atoms with Crippen molar-refractivity contribution in [2.45, 2.75) is 38.5 Å². The lowest BCUT2D eigenvalue weighted by Gasteiger charge is -2.35. The molecule has 0 fully saturated rings. The summed E-state index contributed by atoms with van der Waals surface area (Å²) in [5.74, 6) is 0. The number of benzene rings is 1. The van der Waals surface area contributed by atoms with Crippen LogP contribution in [0.3, 0.4) is 0 Å². The number of allylic oxidation sites excluding steroid dienone is 1. The van der Waals surface area contributed by atoms with Gasteiger partial charge >= 0.3 is 6.18 Å². The monoisotopic (exact) mass is 287 g/mol. The van der Waals surface area contributed by atoms with E-state index in [-0.39, 0.29) is 11.6 Å². The summed E-state index contributed by atoms with van der Waals surface area (Å²) < 4.78 is 40.5. The van der Waals surface area contributed by atoms with Gasteiger partial charge in [-0.25, -0.2) is 4.31 Å². The first-order valence-corrected chi connectivity index (χ1v) is 6.78. The largest absolute Gasteiger partial charge is 0.423 e. The van der Waals surface area contributed by atoms with Gasteiger partial charge in [0.25, 0.3) is 0 Å². The van der Waals surface area contributed by atoms with Gasteiger partial charge < -0.3 is 0 Å². The van der Waals surface area contributed by atoms with Gasteiger partial charge in [-0.1, -0.05) is 30.3 Å². The Morgan fingerprint density at radius 3 is 2.11 bits per heavy atom. The molecule has 2 rings (SSSR count). The summed E-state index contributed by atoms with van der Waals surface area (Å²) in [6, 6.07) is 8.93. The SMILES string of the molecule is CC(C)(C)N1SC(C(F)(F)F)=CC1c1ccccc1. The third-order valence-electron chi connectivity index (χ3n) is 2.84. The molecule has 5 heteroatoms. The lowest BCUT2D eigenvalue weighted by molar-refractivity contribution is -0.0836. The van der Waals surface area contributed by atoms with Gasteiger partial charge in [0.1, 0.15) is 4.91 Å². The number of nitrogens with zero attached hydrogens (tertiary/aromatic N) is 1. The second-order valence-corrected chi connectivity index (χ2v) is 6.49. The van der Waals surface area contributed by atoms with Crippen LogP contribution in [0.4, 0.5) is 13.2 Å². The van der Waals surface area contributed by atoms with Gasteiger partial charge in [0.2, 0.25) is 0 Å². The highest BCUT2D eigenvalue weighted by atomic mass is 32.2. The molecule has 0 aliphatic carbocycles. The molecule has 0 N–H and O–H groups in total. The topological polar surface area (TPSA) is 3.24 Å². The first-order valence-electron chi connectivity index (χ1n) is 6.01. The fraction of sp³-hybridized carbons (Fsp3) is 0.429. The van der Waals surface area contributed by atoms with Gasteiger partial charge in [-0.3, -0.25) is 0 Å². The van der Waals surface area contributed by atoms with Crippen LogP contribution in [0, 0.1) is 0 Å². The van der Waals surface area contributed by atoms with Gasteiger partial charge in [-0.15, -0.1) is 0 Å². The molecule has 0 amide bonds. The summed E-state index contributed by atoms with van der Waals surface area (Å²) in [7, 11) is 0. The molecular formula is C14H16F3NS. The maximum atomic E-state index is 12.9. The molecule has 0 bridgehead atoms. The molecule has 1 aromatic carbocycles. The van der Waals surface area contributed by atoms with E-state index < -0.39 is 11.1 Å². The van der Waals surface area contributed by atoms with E-state index in [0.717, 1.165) is 17.5 Å². The highest BCUT2D eigenvalue weighted by molar-refractivity contribution is 8.01. The zero-order valence-corrected chi connectivity index (χ0v) is 11.8. The molecule has 0 saturated heterocycles. The Morgan fingerprint density at radius 1 is 1.05 bits per heavy atom. The molecule has 1 heterocycles. The first kappa shape index (κ1) is 14.5. The molecule has 1 atom stereocenters. The van der Waals surface area contributed by atoms with Crippen LogP contribution < -0.4 is 0 Å². The van der Waals surface area contributed by atoms with Crippen molar-refractivity contribution in [2.75, 3.05) is 0 Å².